The van der Waals surface area contributed by atoms with Crippen molar-refractivity contribution in [1.29, 1.82) is 0 Å². The number of rotatable bonds is 3. The molecule has 1 aromatic carbocycles. The maximum Gasteiger partial charge on any atom is 0.145 e. The molecule has 0 aliphatic carbocycles. The topological polar surface area (TPSA) is 37.2 Å². The molecular weight excluding hydrogens is 336 g/mol. The molecule has 1 atom stereocenters. The molecule has 0 spiro atoms. The van der Waals surface area contributed by atoms with Gasteiger partial charge in [-0.25, -0.2) is 18.7 Å². The predicted molar refractivity (Wildman–Crippen MR) is 97.0 cm³/mol. The maximum absolute atomic E-state index is 14.0. The number of anilines is 1. The van der Waals surface area contributed by atoms with Crippen molar-refractivity contribution < 1.29 is 8.78 Å². The molecule has 1 unspecified atom stereocenters. The van der Waals surface area contributed by atoms with E-state index in [-0.39, 0.29) is 6.04 Å². The van der Waals surface area contributed by atoms with Gasteiger partial charge < -0.3 is 9.47 Å². The standard InChI is InChI=1S/C19H21F2N5/c1-13-10-26(19-16-5-6-24(2)18(16)22-12-23-19)8-7-25(13)11-14-3-4-15(20)9-17(14)21/h3-6,9,12-13H,7-8,10-11H2,1-2H3. The van der Waals surface area contributed by atoms with E-state index in [0.717, 1.165) is 42.6 Å². The van der Waals surface area contributed by atoms with Gasteiger partial charge in [-0.05, 0) is 19.1 Å². The molecule has 136 valence electrons. The number of benzene rings is 1. The van der Waals surface area contributed by atoms with Gasteiger partial charge in [0.2, 0.25) is 0 Å². The third-order valence-electron chi connectivity index (χ3n) is 5.09. The van der Waals surface area contributed by atoms with E-state index in [9.17, 15) is 8.78 Å². The zero-order valence-corrected chi connectivity index (χ0v) is 14.9. The molecule has 2 aromatic heterocycles. The molecule has 1 fully saturated rings. The highest BCUT2D eigenvalue weighted by molar-refractivity contribution is 5.87. The minimum atomic E-state index is -0.542. The van der Waals surface area contributed by atoms with Crippen LogP contribution in [-0.2, 0) is 13.6 Å². The summed E-state index contributed by atoms with van der Waals surface area (Å²) in [6.45, 7) is 4.98. The Hall–Kier alpha value is -2.54. The SMILES string of the molecule is CC1CN(c2ncnc3c2ccn3C)CCN1Cc1ccc(F)cc1F. The van der Waals surface area contributed by atoms with Gasteiger partial charge in [-0.2, -0.15) is 0 Å². The van der Waals surface area contributed by atoms with Crippen LogP contribution in [0.15, 0.2) is 36.8 Å². The summed E-state index contributed by atoms with van der Waals surface area (Å²) in [6, 6.07) is 6.05. The fourth-order valence-corrected chi connectivity index (χ4v) is 3.61. The maximum atomic E-state index is 14.0. The summed E-state index contributed by atoms with van der Waals surface area (Å²) in [7, 11) is 1.97. The first kappa shape index (κ1) is 16.9. The quantitative estimate of drug-likeness (QED) is 0.722. The van der Waals surface area contributed by atoms with E-state index in [2.05, 4.69) is 26.7 Å². The molecule has 1 aliphatic rings. The summed E-state index contributed by atoms with van der Waals surface area (Å²) in [5.74, 6) is -0.0868. The molecule has 0 radical (unpaired) electrons. The van der Waals surface area contributed by atoms with Crippen LogP contribution in [0, 0.1) is 11.6 Å². The lowest BCUT2D eigenvalue weighted by Gasteiger charge is -2.40. The molecule has 1 saturated heterocycles. The van der Waals surface area contributed by atoms with Gasteiger partial charge in [-0.15, -0.1) is 0 Å². The minimum Gasteiger partial charge on any atom is -0.353 e. The highest BCUT2D eigenvalue weighted by atomic mass is 19.1. The Balaban J connectivity index is 1.51. The van der Waals surface area contributed by atoms with Gasteiger partial charge in [0.25, 0.3) is 0 Å². The molecule has 26 heavy (non-hydrogen) atoms. The summed E-state index contributed by atoms with van der Waals surface area (Å²) in [5.41, 5.74) is 1.44. The van der Waals surface area contributed by atoms with Gasteiger partial charge in [0.15, 0.2) is 0 Å². The number of fused-ring (bicyclic) bond motifs is 1. The summed E-state index contributed by atoms with van der Waals surface area (Å²) >= 11 is 0. The Morgan fingerprint density at radius 3 is 2.77 bits per heavy atom. The van der Waals surface area contributed by atoms with Crippen molar-refractivity contribution >= 4 is 16.9 Å². The van der Waals surface area contributed by atoms with E-state index in [1.54, 1.807) is 6.33 Å². The van der Waals surface area contributed by atoms with Gasteiger partial charge in [0, 0.05) is 57.1 Å². The first-order chi connectivity index (χ1) is 12.5. The molecular formula is C19H21F2N5. The van der Waals surface area contributed by atoms with Crippen LogP contribution in [-0.4, -0.2) is 45.1 Å². The van der Waals surface area contributed by atoms with E-state index in [0.29, 0.717) is 12.1 Å². The molecule has 4 rings (SSSR count). The Morgan fingerprint density at radius 2 is 2.00 bits per heavy atom. The molecule has 0 saturated carbocycles. The number of aromatic nitrogens is 3. The van der Waals surface area contributed by atoms with E-state index >= 15 is 0 Å². The van der Waals surface area contributed by atoms with Gasteiger partial charge in [0.1, 0.15) is 29.4 Å². The van der Waals surface area contributed by atoms with Crippen LogP contribution >= 0.6 is 0 Å². The number of aryl methyl sites for hydroxylation is 1. The number of hydrogen-bond donors (Lipinski definition) is 0. The average molecular weight is 357 g/mol. The first-order valence-electron chi connectivity index (χ1n) is 8.72. The van der Waals surface area contributed by atoms with Crippen molar-refractivity contribution in [3.8, 4) is 0 Å². The zero-order chi connectivity index (χ0) is 18.3. The number of hydrogen-bond acceptors (Lipinski definition) is 4. The van der Waals surface area contributed by atoms with E-state index in [4.69, 9.17) is 0 Å². The minimum absolute atomic E-state index is 0.224. The van der Waals surface area contributed by atoms with E-state index < -0.39 is 11.6 Å². The summed E-state index contributed by atoms with van der Waals surface area (Å²) in [6.07, 6.45) is 3.59. The number of piperazine rings is 1. The molecule has 1 aliphatic heterocycles. The predicted octanol–water partition coefficient (Wildman–Crippen LogP) is 2.96. The molecule has 7 heteroatoms. The monoisotopic (exact) mass is 357 g/mol. The summed E-state index contributed by atoms with van der Waals surface area (Å²) in [5, 5.41) is 1.04. The molecule has 0 N–H and O–H groups in total. The van der Waals surface area contributed by atoms with Gasteiger partial charge in [-0.1, -0.05) is 6.07 Å². The molecule has 0 amide bonds. The molecule has 3 heterocycles. The normalized spacial score (nSPS) is 18.6. The summed E-state index contributed by atoms with van der Waals surface area (Å²) in [4.78, 5) is 13.3. The third kappa shape index (κ3) is 3.03. The first-order valence-corrected chi connectivity index (χ1v) is 8.72. The van der Waals surface area contributed by atoms with Gasteiger partial charge in [0.05, 0.1) is 5.39 Å². The highest BCUT2D eigenvalue weighted by Crippen LogP contribution is 2.26. The zero-order valence-electron chi connectivity index (χ0n) is 14.9. The Kier molecular flexibility index (Phi) is 4.32. The Labute approximate surface area is 150 Å². The summed E-state index contributed by atoms with van der Waals surface area (Å²) < 4.78 is 29.0. The van der Waals surface area contributed by atoms with E-state index in [1.807, 2.05) is 23.9 Å². The second kappa shape index (κ2) is 6.64. The lowest BCUT2D eigenvalue weighted by Crippen LogP contribution is -2.51. The fraction of sp³-hybridized carbons (Fsp3) is 0.368. The average Bonchev–Trinajstić information content (AvgIpc) is 3.00. The van der Waals surface area contributed by atoms with Crippen LogP contribution in [0.4, 0.5) is 14.6 Å². The number of nitrogens with zero attached hydrogens (tertiary/aromatic N) is 5. The Bertz CT molecular complexity index is 939. The second-order valence-corrected chi connectivity index (χ2v) is 6.86. The van der Waals surface area contributed by atoms with Crippen molar-refractivity contribution in [2.24, 2.45) is 7.05 Å². The molecule has 3 aromatic rings. The van der Waals surface area contributed by atoms with Gasteiger partial charge >= 0.3 is 0 Å². The van der Waals surface area contributed by atoms with Crippen LogP contribution < -0.4 is 4.90 Å². The molecule has 5 nitrogen and oxygen atoms in total. The lowest BCUT2D eigenvalue weighted by atomic mass is 10.1. The smallest absolute Gasteiger partial charge is 0.145 e. The van der Waals surface area contributed by atoms with Crippen molar-refractivity contribution in [2.45, 2.75) is 19.5 Å². The lowest BCUT2D eigenvalue weighted by molar-refractivity contribution is 0.178. The van der Waals surface area contributed by atoms with Crippen molar-refractivity contribution in [3.63, 3.8) is 0 Å². The van der Waals surface area contributed by atoms with Crippen LogP contribution in [0.3, 0.4) is 0 Å². The van der Waals surface area contributed by atoms with Gasteiger partial charge in [-0.3, -0.25) is 4.90 Å². The van der Waals surface area contributed by atoms with Crippen LogP contribution in [0.5, 0.6) is 0 Å². The van der Waals surface area contributed by atoms with Crippen molar-refractivity contribution in [2.75, 3.05) is 24.5 Å². The Morgan fingerprint density at radius 1 is 1.15 bits per heavy atom. The fourth-order valence-electron chi connectivity index (χ4n) is 3.61. The van der Waals surface area contributed by atoms with Crippen LogP contribution in [0.2, 0.25) is 0 Å². The number of halogens is 2. The van der Waals surface area contributed by atoms with Crippen molar-refractivity contribution in [1.82, 2.24) is 19.4 Å². The van der Waals surface area contributed by atoms with Crippen LogP contribution in [0.1, 0.15) is 12.5 Å². The van der Waals surface area contributed by atoms with Crippen molar-refractivity contribution in [3.05, 3.63) is 54.0 Å². The second-order valence-electron chi connectivity index (χ2n) is 6.86. The van der Waals surface area contributed by atoms with Crippen LogP contribution in [0.25, 0.3) is 11.0 Å². The van der Waals surface area contributed by atoms with E-state index in [1.165, 1.54) is 12.1 Å². The molecule has 0 bridgehead atoms. The largest absolute Gasteiger partial charge is 0.353 e. The third-order valence-corrected chi connectivity index (χ3v) is 5.09. The highest BCUT2D eigenvalue weighted by Gasteiger charge is 2.26.